The van der Waals surface area contributed by atoms with Crippen molar-refractivity contribution >= 4 is 5.82 Å². The molecule has 1 aromatic heterocycles. The van der Waals surface area contributed by atoms with Crippen LogP contribution in [0.25, 0.3) is 0 Å². The lowest BCUT2D eigenvalue weighted by molar-refractivity contribution is 0.321. The molecule has 18 heavy (non-hydrogen) atoms. The zero-order valence-corrected chi connectivity index (χ0v) is 11.7. The smallest absolute Gasteiger partial charge is 0.132 e. The number of aromatic nitrogens is 1. The molecule has 3 nitrogen and oxygen atoms in total. The molecule has 1 aliphatic rings. The van der Waals surface area contributed by atoms with E-state index in [2.05, 4.69) is 35.2 Å². The lowest BCUT2D eigenvalue weighted by atomic mass is 9.85. The maximum atomic E-state index is 4.55. The summed E-state index contributed by atoms with van der Waals surface area (Å²) in [6.07, 6.45) is 7.26. The van der Waals surface area contributed by atoms with Crippen LogP contribution in [-0.4, -0.2) is 25.1 Å². The SMILES string of the molecule is CCCNCc1cccnc1N(C)CC1CCC1. The second-order valence-electron chi connectivity index (χ2n) is 5.34. The third kappa shape index (κ3) is 3.45. The van der Waals surface area contributed by atoms with Gasteiger partial charge in [-0.2, -0.15) is 0 Å². The molecule has 0 saturated heterocycles. The van der Waals surface area contributed by atoms with Crippen molar-refractivity contribution in [1.29, 1.82) is 0 Å². The minimum absolute atomic E-state index is 0.883. The molecule has 1 aromatic rings. The molecule has 2 rings (SSSR count). The Morgan fingerprint density at radius 3 is 2.94 bits per heavy atom. The molecule has 0 radical (unpaired) electrons. The van der Waals surface area contributed by atoms with Crippen molar-refractivity contribution in [3.63, 3.8) is 0 Å². The summed E-state index contributed by atoms with van der Waals surface area (Å²) in [5, 5.41) is 3.46. The van der Waals surface area contributed by atoms with E-state index in [9.17, 15) is 0 Å². The summed E-state index contributed by atoms with van der Waals surface area (Å²) in [5.41, 5.74) is 1.31. The van der Waals surface area contributed by atoms with Gasteiger partial charge in [0.15, 0.2) is 0 Å². The standard InChI is InChI=1S/C15H25N3/c1-3-9-16-11-14-8-5-10-17-15(14)18(2)12-13-6-4-7-13/h5,8,10,13,16H,3-4,6-7,9,11-12H2,1-2H3. The van der Waals surface area contributed by atoms with Crippen molar-refractivity contribution in [2.24, 2.45) is 5.92 Å². The van der Waals surface area contributed by atoms with Gasteiger partial charge in [0.1, 0.15) is 5.82 Å². The predicted molar refractivity (Wildman–Crippen MR) is 76.8 cm³/mol. The van der Waals surface area contributed by atoms with Crippen LogP contribution in [0.3, 0.4) is 0 Å². The highest BCUT2D eigenvalue weighted by Crippen LogP contribution is 2.28. The Hall–Kier alpha value is -1.09. The molecule has 1 aliphatic carbocycles. The van der Waals surface area contributed by atoms with E-state index in [4.69, 9.17) is 0 Å². The molecule has 100 valence electrons. The van der Waals surface area contributed by atoms with E-state index in [1.54, 1.807) is 0 Å². The van der Waals surface area contributed by atoms with Crippen LogP contribution in [0.2, 0.25) is 0 Å². The molecule has 0 aromatic carbocycles. The fourth-order valence-corrected chi connectivity index (χ4v) is 2.46. The van der Waals surface area contributed by atoms with Crippen molar-refractivity contribution in [2.45, 2.75) is 39.2 Å². The van der Waals surface area contributed by atoms with Crippen LogP contribution in [-0.2, 0) is 6.54 Å². The summed E-state index contributed by atoms with van der Waals surface area (Å²) in [4.78, 5) is 6.88. The zero-order chi connectivity index (χ0) is 12.8. The van der Waals surface area contributed by atoms with Gasteiger partial charge in [0.2, 0.25) is 0 Å². The fourth-order valence-electron chi connectivity index (χ4n) is 2.46. The van der Waals surface area contributed by atoms with Gasteiger partial charge in [0, 0.05) is 31.9 Å². The number of rotatable bonds is 7. The lowest BCUT2D eigenvalue weighted by Gasteiger charge is -2.31. The first-order chi connectivity index (χ1) is 8.81. The van der Waals surface area contributed by atoms with E-state index in [1.165, 1.54) is 31.2 Å². The van der Waals surface area contributed by atoms with Crippen molar-refractivity contribution in [3.05, 3.63) is 23.9 Å². The maximum absolute atomic E-state index is 4.55. The summed E-state index contributed by atoms with van der Waals surface area (Å²) in [7, 11) is 2.17. The number of hydrogen-bond donors (Lipinski definition) is 1. The fraction of sp³-hybridized carbons (Fsp3) is 0.667. The van der Waals surface area contributed by atoms with Crippen LogP contribution in [0.5, 0.6) is 0 Å². The number of nitrogens with one attached hydrogen (secondary N) is 1. The van der Waals surface area contributed by atoms with Gasteiger partial charge in [-0.25, -0.2) is 4.98 Å². The number of hydrogen-bond acceptors (Lipinski definition) is 3. The highest BCUT2D eigenvalue weighted by Gasteiger charge is 2.20. The summed E-state index contributed by atoms with van der Waals surface area (Å²) in [5.74, 6) is 2.03. The minimum atomic E-state index is 0.883. The molecule has 0 aliphatic heterocycles. The topological polar surface area (TPSA) is 28.2 Å². The zero-order valence-electron chi connectivity index (χ0n) is 11.7. The Kier molecular flexibility index (Phi) is 5.00. The van der Waals surface area contributed by atoms with E-state index in [-0.39, 0.29) is 0 Å². The Balaban J connectivity index is 1.96. The molecule has 1 fully saturated rings. The van der Waals surface area contributed by atoms with E-state index in [1.807, 2.05) is 12.3 Å². The van der Waals surface area contributed by atoms with E-state index >= 15 is 0 Å². The van der Waals surface area contributed by atoms with Crippen LogP contribution in [0, 0.1) is 5.92 Å². The Morgan fingerprint density at radius 1 is 1.44 bits per heavy atom. The number of nitrogens with zero attached hydrogens (tertiary/aromatic N) is 2. The summed E-state index contributed by atoms with van der Waals surface area (Å²) < 4.78 is 0. The van der Waals surface area contributed by atoms with Crippen molar-refractivity contribution < 1.29 is 0 Å². The first kappa shape index (κ1) is 13.3. The maximum Gasteiger partial charge on any atom is 0.132 e. The molecule has 0 amide bonds. The molecule has 3 heteroatoms. The lowest BCUT2D eigenvalue weighted by Crippen LogP contribution is -2.31. The Morgan fingerprint density at radius 2 is 2.28 bits per heavy atom. The van der Waals surface area contributed by atoms with Crippen LogP contribution in [0.4, 0.5) is 5.82 Å². The molecule has 1 N–H and O–H groups in total. The quantitative estimate of drug-likeness (QED) is 0.751. The summed E-state index contributed by atoms with van der Waals surface area (Å²) >= 11 is 0. The van der Waals surface area contributed by atoms with Crippen molar-refractivity contribution in [3.8, 4) is 0 Å². The van der Waals surface area contributed by atoms with Gasteiger partial charge in [-0.15, -0.1) is 0 Å². The molecule has 1 saturated carbocycles. The second-order valence-corrected chi connectivity index (χ2v) is 5.34. The third-order valence-electron chi connectivity index (χ3n) is 3.73. The molecule has 0 spiro atoms. The van der Waals surface area contributed by atoms with E-state index in [0.717, 1.165) is 31.4 Å². The van der Waals surface area contributed by atoms with Gasteiger partial charge in [0.25, 0.3) is 0 Å². The monoisotopic (exact) mass is 247 g/mol. The Bertz CT molecular complexity index is 361. The van der Waals surface area contributed by atoms with Gasteiger partial charge in [-0.1, -0.05) is 19.4 Å². The van der Waals surface area contributed by atoms with Gasteiger partial charge in [-0.3, -0.25) is 0 Å². The average Bonchev–Trinajstić information content (AvgIpc) is 2.34. The van der Waals surface area contributed by atoms with Gasteiger partial charge in [-0.05, 0) is 37.8 Å². The molecule has 0 atom stereocenters. The van der Waals surface area contributed by atoms with Gasteiger partial charge < -0.3 is 10.2 Å². The normalized spacial score (nSPS) is 15.4. The largest absolute Gasteiger partial charge is 0.359 e. The highest BCUT2D eigenvalue weighted by atomic mass is 15.2. The van der Waals surface area contributed by atoms with E-state index in [0.29, 0.717) is 0 Å². The van der Waals surface area contributed by atoms with Crippen LogP contribution in [0.15, 0.2) is 18.3 Å². The minimum Gasteiger partial charge on any atom is -0.359 e. The molecule has 0 unspecified atom stereocenters. The third-order valence-corrected chi connectivity index (χ3v) is 3.73. The average molecular weight is 247 g/mol. The summed E-state index contributed by atoms with van der Waals surface area (Å²) in [6.45, 7) is 5.34. The van der Waals surface area contributed by atoms with E-state index < -0.39 is 0 Å². The van der Waals surface area contributed by atoms with Gasteiger partial charge in [0.05, 0.1) is 0 Å². The first-order valence-corrected chi connectivity index (χ1v) is 7.17. The van der Waals surface area contributed by atoms with Crippen LogP contribution < -0.4 is 10.2 Å². The first-order valence-electron chi connectivity index (χ1n) is 7.17. The van der Waals surface area contributed by atoms with Gasteiger partial charge >= 0.3 is 0 Å². The Labute approximate surface area is 111 Å². The van der Waals surface area contributed by atoms with Crippen LogP contribution in [0.1, 0.15) is 38.2 Å². The molecule has 1 heterocycles. The second kappa shape index (κ2) is 6.74. The van der Waals surface area contributed by atoms with Crippen molar-refractivity contribution in [1.82, 2.24) is 10.3 Å². The summed E-state index contributed by atoms with van der Waals surface area (Å²) in [6, 6.07) is 4.21. The number of pyridine rings is 1. The highest BCUT2D eigenvalue weighted by molar-refractivity contribution is 5.46. The van der Waals surface area contributed by atoms with Crippen molar-refractivity contribution in [2.75, 3.05) is 25.0 Å². The molecular weight excluding hydrogens is 222 g/mol. The predicted octanol–water partition coefficient (Wildman–Crippen LogP) is 2.82. The number of anilines is 1. The molecular formula is C15H25N3. The van der Waals surface area contributed by atoms with Crippen LogP contribution >= 0.6 is 0 Å². The molecule has 0 bridgehead atoms.